The number of aliphatic hydroxyl groups is 1. The van der Waals surface area contributed by atoms with Crippen molar-refractivity contribution < 1.29 is 5.11 Å². The Kier molecular flexibility index (Phi) is 3.08. The molecule has 5 heteroatoms. The van der Waals surface area contributed by atoms with Crippen molar-refractivity contribution >= 4 is 5.69 Å². The summed E-state index contributed by atoms with van der Waals surface area (Å²) in [5.74, 6) is 0.291. The van der Waals surface area contributed by atoms with Gasteiger partial charge in [-0.05, 0) is 17.7 Å². The summed E-state index contributed by atoms with van der Waals surface area (Å²) in [6.07, 6.45) is 2.52. The Morgan fingerprint density at radius 1 is 1.41 bits per heavy atom. The summed E-state index contributed by atoms with van der Waals surface area (Å²) in [5, 5.41) is 18.8. The van der Waals surface area contributed by atoms with Gasteiger partial charge in [0.15, 0.2) is 0 Å². The molecule has 0 aliphatic rings. The van der Waals surface area contributed by atoms with E-state index in [0.29, 0.717) is 18.1 Å². The van der Waals surface area contributed by atoms with Crippen molar-refractivity contribution in [1.29, 1.82) is 5.26 Å². The Balaban J connectivity index is 2.14. The van der Waals surface area contributed by atoms with Crippen molar-refractivity contribution in [1.82, 2.24) is 9.55 Å². The van der Waals surface area contributed by atoms with Gasteiger partial charge in [0.05, 0.1) is 12.6 Å². The quantitative estimate of drug-likeness (QED) is 0.769. The highest BCUT2D eigenvalue weighted by Gasteiger charge is 2.10. The highest BCUT2D eigenvalue weighted by atomic mass is 16.3. The van der Waals surface area contributed by atoms with E-state index >= 15 is 0 Å². The fourth-order valence-electron chi connectivity index (χ4n) is 1.58. The maximum absolute atomic E-state index is 10.0. The molecular formula is C12H12N4O. The molecule has 2 rings (SSSR count). The molecule has 1 unspecified atom stereocenters. The molecule has 17 heavy (non-hydrogen) atoms. The van der Waals surface area contributed by atoms with E-state index in [1.165, 1.54) is 6.20 Å². The molecule has 1 atom stereocenters. The number of nitrogens with zero attached hydrogens (tertiary/aromatic N) is 3. The van der Waals surface area contributed by atoms with Crippen LogP contribution >= 0.6 is 0 Å². The predicted molar refractivity (Wildman–Crippen MR) is 62.8 cm³/mol. The molecule has 0 aliphatic heterocycles. The number of aromatic nitrogens is 2. The second-order valence-electron chi connectivity index (χ2n) is 3.70. The molecule has 0 aliphatic carbocycles. The molecule has 0 fully saturated rings. The van der Waals surface area contributed by atoms with Gasteiger partial charge in [0.25, 0.3) is 0 Å². The van der Waals surface area contributed by atoms with Gasteiger partial charge in [0.2, 0.25) is 5.82 Å². The minimum absolute atomic E-state index is 0.291. The first-order chi connectivity index (χ1) is 8.20. The van der Waals surface area contributed by atoms with Crippen LogP contribution in [0.2, 0.25) is 0 Å². The van der Waals surface area contributed by atoms with E-state index in [1.54, 1.807) is 35.0 Å². The van der Waals surface area contributed by atoms with Gasteiger partial charge < -0.3 is 15.4 Å². The van der Waals surface area contributed by atoms with E-state index in [9.17, 15) is 5.11 Å². The number of aliphatic hydroxyl groups excluding tert-OH is 1. The minimum Gasteiger partial charge on any atom is -0.399 e. The molecule has 0 amide bonds. The predicted octanol–water partition coefficient (Wildman–Crippen LogP) is 1.07. The largest absolute Gasteiger partial charge is 0.399 e. The summed E-state index contributed by atoms with van der Waals surface area (Å²) in [7, 11) is 0. The molecule has 0 saturated carbocycles. The third-order valence-electron chi connectivity index (χ3n) is 2.51. The standard InChI is InChI=1S/C12H12N4O/c13-7-12-15-5-6-16(12)8-11(17)9-1-3-10(14)4-2-9/h1-6,11,17H,8,14H2. The average molecular weight is 228 g/mol. The first-order valence-corrected chi connectivity index (χ1v) is 5.15. The van der Waals surface area contributed by atoms with Crippen molar-refractivity contribution in [3.63, 3.8) is 0 Å². The van der Waals surface area contributed by atoms with Crippen LogP contribution in [0.1, 0.15) is 17.5 Å². The van der Waals surface area contributed by atoms with Gasteiger partial charge in [-0.1, -0.05) is 12.1 Å². The van der Waals surface area contributed by atoms with E-state index in [0.717, 1.165) is 5.56 Å². The zero-order valence-corrected chi connectivity index (χ0v) is 9.11. The van der Waals surface area contributed by atoms with E-state index in [-0.39, 0.29) is 0 Å². The summed E-state index contributed by atoms with van der Waals surface area (Å²) in [5.41, 5.74) is 6.98. The number of nitrogens with two attached hydrogens (primary N) is 1. The van der Waals surface area contributed by atoms with Crippen molar-refractivity contribution in [2.75, 3.05) is 5.73 Å². The van der Waals surface area contributed by atoms with Crippen molar-refractivity contribution in [3.8, 4) is 6.07 Å². The maximum atomic E-state index is 10.0. The third-order valence-corrected chi connectivity index (χ3v) is 2.51. The van der Waals surface area contributed by atoms with Gasteiger partial charge in [-0.2, -0.15) is 5.26 Å². The van der Waals surface area contributed by atoms with E-state index in [1.807, 2.05) is 6.07 Å². The van der Waals surface area contributed by atoms with Crippen LogP contribution in [0.25, 0.3) is 0 Å². The topological polar surface area (TPSA) is 87.9 Å². The maximum Gasteiger partial charge on any atom is 0.212 e. The van der Waals surface area contributed by atoms with Crippen LogP contribution in [0.15, 0.2) is 36.7 Å². The van der Waals surface area contributed by atoms with Crippen LogP contribution in [0.4, 0.5) is 5.69 Å². The van der Waals surface area contributed by atoms with Crippen LogP contribution in [0, 0.1) is 11.3 Å². The fraction of sp³-hybridized carbons (Fsp3) is 0.167. The van der Waals surface area contributed by atoms with Crippen molar-refractivity contribution in [3.05, 3.63) is 48.0 Å². The van der Waals surface area contributed by atoms with Gasteiger partial charge in [0.1, 0.15) is 6.07 Å². The summed E-state index contributed by atoms with van der Waals surface area (Å²) in [6, 6.07) is 8.96. The van der Waals surface area contributed by atoms with Gasteiger partial charge >= 0.3 is 0 Å². The Bertz CT molecular complexity index is 538. The van der Waals surface area contributed by atoms with Gasteiger partial charge in [-0.25, -0.2) is 4.98 Å². The summed E-state index contributed by atoms with van der Waals surface area (Å²) in [4.78, 5) is 3.87. The minimum atomic E-state index is -0.683. The number of nitriles is 1. The summed E-state index contributed by atoms with van der Waals surface area (Å²) in [6.45, 7) is 0.298. The number of hydrogen-bond donors (Lipinski definition) is 2. The third kappa shape index (κ3) is 2.44. The molecule has 0 bridgehead atoms. The van der Waals surface area contributed by atoms with E-state index < -0.39 is 6.10 Å². The first-order valence-electron chi connectivity index (χ1n) is 5.15. The molecule has 86 valence electrons. The molecule has 1 heterocycles. The van der Waals surface area contributed by atoms with Crippen LogP contribution < -0.4 is 5.73 Å². The molecule has 3 N–H and O–H groups in total. The number of nitrogen functional groups attached to an aromatic ring is 1. The normalized spacial score (nSPS) is 12.0. The average Bonchev–Trinajstić information content (AvgIpc) is 2.77. The van der Waals surface area contributed by atoms with Crippen LogP contribution in [-0.2, 0) is 6.54 Å². The molecular weight excluding hydrogens is 216 g/mol. The Morgan fingerprint density at radius 2 is 2.12 bits per heavy atom. The number of imidazole rings is 1. The smallest absolute Gasteiger partial charge is 0.212 e. The Hall–Kier alpha value is -2.32. The first kappa shape index (κ1) is 11.2. The van der Waals surface area contributed by atoms with Crippen molar-refractivity contribution in [2.24, 2.45) is 0 Å². The molecule has 1 aromatic carbocycles. The Labute approximate surface area is 98.7 Å². The lowest BCUT2D eigenvalue weighted by atomic mass is 10.1. The summed E-state index contributed by atoms with van der Waals surface area (Å²) < 4.78 is 1.61. The van der Waals surface area contributed by atoms with Gasteiger partial charge in [-0.3, -0.25) is 0 Å². The number of anilines is 1. The monoisotopic (exact) mass is 228 g/mol. The van der Waals surface area contributed by atoms with Crippen LogP contribution in [0.5, 0.6) is 0 Å². The highest BCUT2D eigenvalue weighted by Crippen LogP contribution is 2.17. The fourth-order valence-corrected chi connectivity index (χ4v) is 1.58. The Morgan fingerprint density at radius 3 is 2.76 bits per heavy atom. The second kappa shape index (κ2) is 4.68. The van der Waals surface area contributed by atoms with E-state index in [4.69, 9.17) is 11.0 Å². The molecule has 5 nitrogen and oxygen atoms in total. The lowest BCUT2D eigenvalue weighted by Crippen LogP contribution is -2.09. The second-order valence-corrected chi connectivity index (χ2v) is 3.70. The highest BCUT2D eigenvalue weighted by molar-refractivity contribution is 5.39. The van der Waals surface area contributed by atoms with Gasteiger partial charge in [0, 0.05) is 18.1 Å². The zero-order valence-electron chi connectivity index (χ0n) is 9.11. The van der Waals surface area contributed by atoms with E-state index in [2.05, 4.69) is 4.98 Å². The van der Waals surface area contributed by atoms with Crippen LogP contribution in [-0.4, -0.2) is 14.7 Å². The number of rotatable bonds is 3. The SMILES string of the molecule is N#Cc1nccn1CC(O)c1ccc(N)cc1. The molecule has 0 saturated heterocycles. The van der Waals surface area contributed by atoms with Crippen LogP contribution in [0.3, 0.4) is 0 Å². The molecule has 2 aromatic rings. The number of hydrogen-bond acceptors (Lipinski definition) is 4. The van der Waals surface area contributed by atoms with Crippen molar-refractivity contribution in [2.45, 2.75) is 12.6 Å². The number of benzene rings is 1. The lowest BCUT2D eigenvalue weighted by Gasteiger charge is -2.12. The molecule has 1 aromatic heterocycles. The van der Waals surface area contributed by atoms with Gasteiger partial charge in [-0.15, -0.1) is 0 Å². The lowest BCUT2D eigenvalue weighted by molar-refractivity contribution is 0.156. The molecule has 0 spiro atoms. The summed E-state index contributed by atoms with van der Waals surface area (Å²) >= 11 is 0. The molecule has 0 radical (unpaired) electrons. The zero-order chi connectivity index (χ0) is 12.3.